The maximum atomic E-state index is 5.89. The van der Waals surface area contributed by atoms with Crippen LogP contribution in [0.2, 0.25) is 5.02 Å². The molecule has 0 aliphatic rings. The number of hydrogen-bond donors (Lipinski definition) is 1. The Balaban J connectivity index is 1.89. The Labute approximate surface area is 132 Å². The summed E-state index contributed by atoms with van der Waals surface area (Å²) in [4.78, 5) is 0. The first-order valence-electron chi connectivity index (χ1n) is 7.35. The molecule has 2 rings (SSSR count). The lowest BCUT2D eigenvalue weighted by atomic mass is 10.1. The van der Waals surface area contributed by atoms with Gasteiger partial charge in [-0.1, -0.05) is 49.7 Å². The lowest BCUT2D eigenvalue weighted by molar-refractivity contribution is 0.272. The SMILES string of the molecule is CC(C)COc1ccccc1NCCc1ccc(Cl)cc1. The Hall–Kier alpha value is -1.67. The molecule has 0 unspecified atom stereocenters. The van der Waals surface area contributed by atoms with E-state index in [1.807, 2.05) is 30.3 Å². The van der Waals surface area contributed by atoms with E-state index in [0.717, 1.165) is 36.0 Å². The number of para-hydroxylation sites is 2. The van der Waals surface area contributed by atoms with Crippen LogP contribution in [0, 0.1) is 5.92 Å². The summed E-state index contributed by atoms with van der Waals surface area (Å²) in [7, 11) is 0. The molecule has 2 aromatic carbocycles. The minimum atomic E-state index is 0.520. The van der Waals surface area contributed by atoms with Crippen LogP contribution in [0.25, 0.3) is 0 Å². The maximum Gasteiger partial charge on any atom is 0.142 e. The van der Waals surface area contributed by atoms with Crippen LogP contribution in [0.5, 0.6) is 5.75 Å². The van der Waals surface area contributed by atoms with Crippen molar-refractivity contribution in [2.24, 2.45) is 5.92 Å². The van der Waals surface area contributed by atoms with Gasteiger partial charge in [-0.05, 0) is 42.2 Å². The van der Waals surface area contributed by atoms with Gasteiger partial charge in [0.15, 0.2) is 0 Å². The fourth-order valence-corrected chi connectivity index (χ4v) is 2.11. The summed E-state index contributed by atoms with van der Waals surface area (Å²) in [6.45, 7) is 5.90. The third kappa shape index (κ3) is 5.31. The van der Waals surface area contributed by atoms with E-state index in [2.05, 4.69) is 37.4 Å². The van der Waals surface area contributed by atoms with E-state index in [1.165, 1.54) is 5.56 Å². The van der Waals surface area contributed by atoms with E-state index in [1.54, 1.807) is 0 Å². The van der Waals surface area contributed by atoms with E-state index in [4.69, 9.17) is 16.3 Å². The van der Waals surface area contributed by atoms with Crippen LogP contribution in [0.4, 0.5) is 5.69 Å². The topological polar surface area (TPSA) is 21.3 Å². The molecule has 0 atom stereocenters. The van der Waals surface area contributed by atoms with Gasteiger partial charge in [-0.3, -0.25) is 0 Å². The first-order chi connectivity index (χ1) is 10.1. The Kier molecular flexibility index (Phi) is 5.94. The standard InChI is InChI=1S/C18H22ClNO/c1-14(2)13-21-18-6-4-3-5-17(18)20-12-11-15-7-9-16(19)10-8-15/h3-10,14,20H,11-13H2,1-2H3. The molecule has 0 radical (unpaired) electrons. The van der Waals surface area contributed by atoms with E-state index in [0.29, 0.717) is 5.92 Å². The number of halogens is 1. The van der Waals surface area contributed by atoms with Crippen molar-refractivity contribution in [2.75, 3.05) is 18.5 Å². The molecule has 0 spiro atoms. The minimum absolute atomic E-state index is 0.520. The number of ether oxygens (including phenoxy) is 1. The van der Waals surface area contributed by atoms with Gasteiger partial charge < -0.3 is 10.1 Å². The third-order valence-electron chi connectivity index (χ3n) is 3.10. The fraction of sp³-hybridized carbons (Fsp3) is 0.333. The lowest BCUT2D eigenvalue weighted by Crippen LogP contribution is -2.09. The van der Waals surface area contributed by atoms with E-state index < -0.39 is 0 Å². The van der Waals surface area contributed by atoms with Crippen molar-refractivity contribution in [3.05, 3.63) is 59.1 Å². The Morgan fingerprint density at radius 3 is 2.48 bits per heavy atom. The Bertz CT molecular complexity index is 551. The molecule has 0 aromatic heterocycles. The van der Waals surface area contributed by atoms with Crippen LogP contribution in [-0.4, -0.2) is 13.2 Å². The van der Waals surface area contributed by atoms with Gasteiger partial charge in [0.1, 0.15) is 5.75 Å². The summed E-state index contributed by atoms with van der Waals surface area (Å²) in [5.41, 5.74) is 2.32. The zero-order valence-electron chi connectivity index (χ0n) is 12.6. The molecule has 2 nitrogen and oxygen atoms in total. The average molecular weight is 304 g/mol. The van der Waals surface area contributed by atoms with Gasteiger partial charge >= 0.3 is 0 Å². The first-order valence-corrected chi connectivity index (χ1v) is 7.73. The molecule has 112 valence electrons. The van der Waals surface area contributed by atoms with Crippen LogP contribution < -0.4 is 10.1 Å². The van der Waals surface area contributed by atoms with Crippen LogP contribution in [0.3, 0.4) is 0 Å². The zero-order valence-corrected chi connectivity index (χ0v) is 13.4. The van der Waals surface area contributed by atoms with E-state index in [9.17, 15) is 0 Å². The predicted molar refractivity (Wildman–Crippen MR) is 90.4 cm³/mol. The summed E-state index contributed by atoms with van der Waals surface area (Å²) in [6, 6.07) is 16.1. The van der Waals surface area contributed by atoms with Gasteiger partial charge in [0.2, 0.25) is 0 Å². The Morgan fingerprint density at radius 2 is 1.76 bits per heavy atom. The number of hydrogen-bond acceptors (Lipinski definition) is 2. The normalized spacial score (nSPS) is 10.7. The molecule has 3 heteroatoms. The quantitative estimate of drug-likeness (QED) is 0.774. The van der Waals surface area contributed by atoms with Gasteiger partial charge in [-0.15, -0.1) is 0 Å². The molecule has 2 aromatic rings. The van der Waals surface area contributed by atoms with Gasteiger partial charge in [0.25, 0.3) is 0 Å². The molecular weight excluding hydrogens is 282 g/mol. The van der Waals surface area contributed by atoms with Crippen molar-refractivity contribution in [3.63, 3.8) is 0 Å². The van der Waals surface area contributed by atoms with Gasteiger partial charge in [-0.25, -0.2) is 0 Å². The largest absolute Gasteiger partial charge is 0.491 e. The second-order valence-electron chi connectivity index (χ2n) is 5.50. The van der Waals surface area contributed by atoms with Crippen molar-refractivity contribution in [1.29, 1.82) is 0 Å². The molecule has 21 heavy (non-hydrogen) atoms. The molecule has 0 bridgehead atoms. The molecular formula is C18H22ClNO. The second-order valence-corrected chi connectivity index (χ2v) is 5.94. The molecule has 0 fully saturated rings. The zero-order chi connectivity index (χ0) is 15.1. The summed E-state index contributed by atoms with van der Waals surface area (Å²) in [6.07, 6.45) is 0.954. The molecule has 0 amide bonds. The van der Waals surface area contributed by atoms with Crippen LogP contribution in [0.1, 0.15) is 19.4 Å². The average Bonchev–Trinajstić information content (AvgIpc) is 2.48. The van der Waals surface area contributed by atoms with E-state index >= 15 is 0 Å². The first kappa shape index (κ1) is 15.7. The molecule has 0 saturated heterocycles. The highest BCUT2D eigenvalue weighted by Gasteiger charge is 2.03. The van der Waals surface area contributed by atoms with Crippen LogP contribution in [0.15, 0.2) is 48.5 Å². The lowest BCUT2D eigenvalue weighted by Gasteiger charge is -2.14. The number of rotatable bonds is 7. The minimum Gasteiger partial charge on any atom is -0.491 e. The molecule has 0 aliphatic heterocycles. The third-order valence-corrected chi connectivity index (χ3v) is 3.35. The highest BCUT2D eigenvalue weighted by molar-refractivity contribution is 6.30. The summed E-state index contributed by atoms with van der Waals surface area (Å²) >= 11 is 5.89. The van der Waals surface area contributed by atoms with Gasteiger partial charge in [0, 0.05) is 11.6 Å². The summed E-state index contributed by atoms with van der Waals surface area (Å²) < 4.78 is 5.84. The molecule has 0 saturated carbocycles. The second kappa shape index (κ2) is 7.94. The highest BCUT2D eigenvalue weighted by atomic mass is 35.5. The highest BCUT2D eigenvalue weighted by Crippen LogP contribution is 2.24. The predicted octanol–water partition coefficient (Wildman–Crippen LogP) is 5.03. The molecule has 0 aliphatic carbocycles. The monoisotopic (exact) mass is 303 g/mol. The summed E-state index contributed by atoms with van der Waals surface area (Å²) in [5.74, 6) is 1.44. The molecule has 0 heterocycles. The number of nitrogens with one attached hydrogen (secondary N) is 1. The Morgan fingerprint density at radius 1 is 1.05 bits per heavy atom. The number of benzene rings is 2. The fourth-order valence-electron chi connectivity index (χ4n) is 1.99. The van der Waals surface area contributed by atoms with Crippen LogP contribution >= 0.6 is 11.6 Å². The van der Waals surface area contributed by atoms with Crippen LogP contribution in [-0.2, 0) is 6.42 Å². The van der Waals surface area contributed by atoms with Crippen molar-refractivity contribution in [3.8, 4) is 5.75 Å². The molecule has 1 N–H and O–H groups in total. The van der Waals surface area contributed by atoms with Crippen molar-refractivity contribution >= 4 is 17.3 Å². The summed E-state index contributed by atoms with van der Waals surface area (Å²) in [5, 5.41) is 4.22. The number of anilines is 1. The smallest absolute Gasteiger partial charge is 0.142 e. The van der Waals surface area contributed by atoms with Gasteiger partial charge in [0.05, 0.1) is 12.3 Å². The van der Waals surface area contributed by atoms with Crippen molar-refractivity contribution in [1.82, 2.24) is 0 Å². The van der Waals surface area contributed by atoms with Gasteiger partial charge in [-0.2, -0.15) is 0 Å². The van der Waals surface area contributed by atoms with E-state index in [-0.39, 0.29) is 0 Å². The maximum absolute atomic E-state index is 5.89. The van der Waals surface area contributed by atoms with Crippen molar-refractivity contribution in [2.45, 2.75) is 20.3 Å². The van der Waals surface area contributed by atoms with Crippen molar-refractivity contribution < 1.29 is 4.74 Å².